The van der Waals surface area contributed by atoms with Crippen molar-refractivity contribution < 1.29 is 9.53 Å². The number of carbonyl (C=O) groups is 1. The minimum atomic E-state index is -0.620. The Kier molecular flexibility index (Phi) is 4.60. The fourth-order valence-electron chi connectivity index (χ4n) is 2.60. The first-order valence-electron chi connectivity index (χ1n) is 7.99. The van der Waals surface area contributed by atoms with Gasteiger partial charge in [-0.05, 0) is 67.6 Å². The fraction of sp³-hybridized carbons (Fsp3) is 0.450. The van der Waals surface area contributed by atoms with Crippen molar-refractivity contribution in [3.05, 3.63) is 47.0 Å². The first kappa shape index (κ1) is 16.5. The molecule has 0 heterocycles. The number of aryl methyl sites for hydroxylation is 2. The smallest absolute Gasteiger partial charge is 0.309 e. The van der Waals surface area contributed by atoms with E-state index in [9.17, 15) is 4.79 Å². The molecule has 0 N–H and O–H groups in total. The minimum absolute atomic E-state index is 0.0660. The maximum absolute atomic E-state index is 12.1. The molecular formula is C20H26O2. The predicted molar refractivity (Wildman–Crippen MR) is 92.0 cm³/mol. The Labute approximate surface area is 133 Å². The molecule has 2 aromatic rings. The molecule has 0 saturated carbocycles. The molecule has 22 heavy (non-hydrogen) atoms. The molecule has 2 nitrogen and oxygen atoms in total. The van der Waals surface area contributed by atoms with Gasteiger partial charge in [0.2, 0.25) is 0 Å². The maximum Gasteiger partial charge on any atom is 0.309 e. The van der Waals surface area contributed by atoms with Gasteiger partial charge in [-0.1, -0.05) is 38.1 Å². The van der Waals surface area contributed by atoms with Gasteiger partial charge in [-0.3, -0.25) is 4.79 Å². The van der Waals surface area contributed by atoms with E-state index in [0.717, 1.165) is 12.0 Å². The molecule has 0 radical (unpaired) electrons. The zero-order valence-electron chi connectivity index (χ0n) is 14.5. The van der Waals surface area contributed by atoms with E-state index >= 15 is 0 Å². The molecule has 118 valence electrons. The van der Waals surface area contributed by atoms with Crippen LogP contribution in [0.3, 0.4) is 0 Å². The summed E-state index contributed by atoms with van der Waals surface area (Å²) in [5.41, 5.74) is 2.92. The summed E-state index contributed by atoms with van der Waals surface area (Å²) in [4.78, 5) is 12.1. The summed E-state index contributed by atoms with van der Waals surface area (Å²) in [6.07, 6.45) is 0.797. The molecule has 0 fully saturated rings. The second-order valence-corrected chi connectivity index (χ2v) is 6.70. The van der Waals surface area contributed by atoms with Gasteiger partial charge in [0.25, 0.3) is 0 Å². The van der Waals surface area contributed by atoms with Crippen LogP contribution in [0, 0.1) is 19.8 Å². The number of fused-ring (bicyclic) bond motifs is 1. The first-order chi connectivity index (χ1) is 10.3. The Bertz CT molecular complexity index is 698. The molecular weight excluding hydrogens is 272 g/mol. The molecule has 0 saturated heterocycles. The van der Waals surface area contributed by atoms with Crippen LogP contribution in [-0.2, 0) is 15.1 Å². The van der Waals surface area contributed by atoms with Crippen molar-refractivity contribution >= 4 is 16.7 Å². The van der Waals surface area contributed by atoms with E-state index in [4.69, 9.17) is 4.74 Å². The first-order valence-corrected chi connectivity index (χ1v) is 7.99. The molecule has 0 amide bonds. The monoisotopic (exact) mass is 298 g/mol. The molecule has 0 aliphatic rings. The number of ether oxygens (including phenoxy) is 1. The number of carbonyl (C=O) groups excluding carboxylic acids is 1. The molecule has 2 heteroatoms. The highest BCUT2D eigenvalue weighted by Gasteiger charge is 2.27. The number of benzene rings is 2. The van der Waals surface area contributed by atoms with E-state index in [1.807, 2.05) is 27.7 Å². The lowest BCUT2D eigenvalue weighted by molar-refractivity contribution is -0.162. The molecule has 0 spiro atoms. The topological polar surface area (TPSA) is 26.3 Å². The summed E-state index contributed by atoms with van der Waals surface area (Å²) < 4.78 is 5.76. The molecule has 1 atom stereocenters. The standard InChI is InChI=1S/C20H26O2/c1-7-13(2)19(21)22-20(5,6)16-10-11-17-14(3)8-9-15(4)18(17)12-16/h8-13H,7H2,1-6H3. The second-order valence-electron chi connectivity index (χ2n) is 6.70. The Morgan fingerprint density at radius 1 is 1.09 bits per heavy atom. The molecule has 0 aliphatic carbocycles. The van der Waals surface area contributed by atoms with Crippen molar-refractivity contribution in [2.45, 2.75) is 53.6 Å². The van der Waals surface area contributed by atoms with Crippen molar-refractivity contribution in [2.24, 2.45) is 5.92 Å². The van der Waals surface area contributed by atoms with Crippen LogP contribution in [0.25, 0.3) is 10.8 Å². The Morgan fingerprint density at radius 3 is 2.27 bits per heavy atom. The Morgan fingerprint density at radius 2 is 1.68 bits per heavy atom. The van der Waals surface area contributed by atoms with E-state index in [1.54, 1.807) is 0 Å². The van der Waals surface area contributed by atoms with Crippen molar-refractivity contribution in [3.63, 3.8) is 0 Å². The van der Waals surface area contributed by atoms with Crippen LogP contribution in [0.1, 0.15) is 50.8 Å². The van der Waals surface area contributed by atoms with Gasteiger partial charge in [0.1, 0.15) is 5.60 Å². The lowest BCUT2D eigenvalue weighted by Gasteiger charge is -2.27. The average molecular weight is 298 g/mol. The third-order valence-corrected chi connectivity index (χ3v) is 4.52. The molecule has 1 unspecified atom stereocenters. The van der Waals surface area contributed by atoms with E-state index in [-0.39, 0.29) is 11.9 Å². The number of rotatable bonds is 4. The van der Waals surface area contributed by atoms with Crippen LogP contribution in [0.2, 0.25) is 0 Å². The number of hydrogen-bond donors (Lipinski definition) is 0. The highest BCUT2D eigenvalue weighted by molar-refractivity contribution is 5.89. The normalized spacial score (nSPS) is 13.2. The quantitative estimate of drug-likeness (QED) is 0.718. The fourth-order valence-corrected chi connectivity index (χ4v) is 2.60. The number of hydrogen-bond acceptors (Lipinski definition) is 2. The lowest BCUT2D eigenvalue weighted by Crippen LogP contribution is -2.28. The van der Waals surface area contributed by atoms with E-state index in [0.29, 0.717) is 0 Å². The summed E-state index contributed by atoms with van der Waals surface area (Å²) in [6, 6.07) is 10.6. The van der Waals surface area contributed by atoms with Crippen molar-refractivity contribution in [2.75, 3.05) is 0 Å². The third-order valence-electron chi connectivity index (χ3n) is 4.52. The van der Waals surface area contributed by atoms with E-state index in [1.165, 1.54) is 21.9 Å². The van der Waals surface area contributed by atoms with Crippen LogP contribution in [0.5, 0.6) is 0 Å². The largest absolute Gasteiger partial charge is 0.455 e. The van der Waals surface area contributed by atoms with Gasteiger partial charge in [-0.25, -0.2) is 0 Å². The number of esters is 1. The summed E-state index contributed by atoms with van der Waals surface area (Å²) in [5, 5.41) is 2.48. The summed E-state index contributed by atoms with van der Waals surface area (Å²) in [5.74, 6) is -0.197. The molecule has 0 bridgehead atoms. The van der Waals surface area contributed by atoms with Gasteiger partial charge >= 0.3 is 5.97 Å². The molecule has 2 aromatic carbocycles. The molecule has 0 aliphatic heterocycles. The summed E-state index contributed by atoms with van der Waals surface area (Å²) in [7, 11) is 0. The van der Waals surface area contributed by atoms with Crippen molar-refractivity contribution in [3.8, 4) is 0 Å². The summed E-state index contributed by atoms with van der Waals surface area (Å²) in [6.45, 7) is 12.1. The lowest BCUT2D eigenvalue weighted by atomic mass is 9.92. The van der Waals surface area contributed by atoms with Crippen LogP contribution >= 0.6 is 0 Å². The van der Waals surface area contributed by atoms with Gasteiger partial charge < -0.3 is 4.74 Å². The highest BCUT2D eigenvalue weighted by atomic mass is 16.6. The summed E-state index contributed by atoms with van der Waals surface area (Å²) >= 11 is 0. The van der Waals surface area contributed by atoms with Crippen molar-refractivity contribution in [1.29, 1.82) is 0 Å². The minimum Gasteiger partial charge on any atom is -0.455 e. The molecule has 0 aromatic heterocycles. The zero-order valence-corrected chi connectivity index (χ0v) is 14.5. The van der Waals surface area contributed by atoms with Crippen LogP contribution < -0.4 is 0 Å². The van der Waals surface area contributed by atoms with Crippen LogP contribution in [0.15, 0.2) is 30.3 Å². The van der Waals surface area contributed by atoms with Crippen LogP contribution in [-0.4, -0.2) is 5.97 Å². The Balaban J connectivity index is 2.41. The van der Waals surface area contributed by atoms with E-state index in [2.05, 4.69) is 44.2 Å². The predicted octanol–water partition coefficient (Wildman–Crippen LogP) is 5.28. The second kappa shape index (κ2) is 6.12. The Hall–Kier alpha value is -1.83. The SMILES string of the molecule is CCC(C)C(=O)OC(C)(C)c1ccc2c(C)ccc(C)c2c1. The van der Waals surface area contributed by atoms with Gasteiger partial charge in [-0.15, -0.1) is 0 Å². The third kappa shape index (κ3) is 3.16. The zero-order chi connectivity index (χ0) is 16.5. The average Bonchev–Trinajstić information content (AvgIpc) is 2.49. The van der Waals surface area contributed by atoms with Gasteiger partial charge in [0, 0.05) is 0 Å². The van der Waals surface area contributed by atoms with Crippen LogP contribution in [0.4, 0.5) is 0 Å². The maximum atomic E-state index is 12.1. The highest BCUT2D eigenvalue weighted by Crippen LogP contribution is 2.31. The van der Waals surface area contributed by atoms with Gasteiger partial charge in [0.15, 0.2) is 0 Å². The molecule has 2 rings (SSSR count). The van der Waals surface area contributed by atoms with Gasteiger partial charge in [0.05, 0.1) is 5.92 Å². The van der Waals surface area contributed by atoms with E-state index < -0.39 is 5.60 Å². The van der Waals surface area contributed by atoms with Crippen molar-refractivity contribution in [1.82, 2.24) is 0 Å². The van der Waals surface area contributed by atoms with Gasteiger partial charge in [-0.2, -0.15) is 0 Å².